The van der Waals surface area contributed by atoms with Crippen LogP contribution in [0.1, 0.15) is 32.0 Å². The molecule has 0 fully saturated rings. The molecule has 0 saturated carbocycles. The van der Waals surface area contributed by atoms with E-state index in [0.29, 0.717) is 46.5 Å². The van der Waals surface area contributed by atoms with Gasteiger partial charge in [0.25, 0.3) is 5.56 Å². The van der Waals surface area contributed by atoms with Crippen molar-refractivity contribution in [2.75, 3.05) is 11.1 Å². The number of ether oxygens (including phenoxy) is 1. The molecule has 0 atom stereocenters. The number of nitrogens with zero attached hydrogens (tertiary/aromatic N) is 3. The van der Waals surface area contributed by atoms with Crippen LogP contribution < -0.4 is 10.9 Å². The highest BCUT2D eigenvalue weighted by atomic mass is 35.5. The number of nitrogens with one attached hydrogen (secondary N) is 1. The minimum absolute atomic E-state index is 0.117. The third-order valence-corrected chi connectivity index (χ3v) is 6.30. The van der Waals surface area contributed by atoms with Gasteiger partial charge in [0.1, 0.15) is 0 Å². The number of benzene rings is 1. The Bertz CT molecular complexity index is 1210. The summed E-state index contributed by atoms with van der Waals surface area (Å²) >= 11 is 7.09. The summed E-state index contributed by atoms with van der Waals surface area (Å²) in [7, 11) is 0. The molecule has 3 heterocycles. The topological polar surface area (TPSA) is 86.1 Å². The highest BCUT2D eigenvalue weighted by Crippen LogP contribution is 2.28. The lowest BCUT2D eigenvalue weighted by Gasteiger charge is -2.31. The number of thioether (sulfide) groups is 1. The Balaban J connectivity index is 1.60. The second-order valence-electron chi connectivity index (χ2n) is 7.98. The van der Waals surface area contributed by atoms with E-state index in [-0.39, 0.29) is 22.8 Å². The lowest BCUT2D eigenvalue weighted by Crippen LogP contribution is -2.33. The molecule has 0 radical (unpaired) electrons. The first kappa shape index (κ1) is 21.8. The Morgan fingerprint density at radius 1 is 1.29 bits per heavy atom. The Morgan fingerprint density at radius 2 is 2.03 bits per heavy atom. The van der Waals surface area contributed by atoms with Crippen molar-refractivity contribution in [2.45, 2.75) is 51.1 Å². The predicted octanol–water partition coefficient (Wildman–Crippen LogP) is 4.05. The van der Waals surface area contributed by atoms with Crippen LogP contribution in [0, 0.1) is 0 Å². The summed E-state index contributed by atoms with van der Waals surface area (Å²) in [6.45, 7) is 6.79. The Labute approximate surface area is 189 Å². The van der Waals surface area contributed by atoms with Crippen LogP contribution in [0.2, 0.25) is 5.02 Å². The summed E-state index contributed by atoms with van der Waals surface area (Å²) in [6.07, 6.45) is 0.656. The van der Waals surface area contributed by atoms with Crippen molar-refractivity contribution in [3.8, 4) is 0 Å². The molecule has 4 rings (SSSR count). The Hall–Kier alpha value is -2.42. The summed E-state index contributed by atoms with van der Waals surface area (Å²) in [5, 5.41) is 4.36. The fourth-order valence-corrected chi connectivity index (χ4v) is 4.44. The molecule has 162 valence electrons. The van der Waals surface area contributed by atoms with Crippen LogP contribution in [0.15, 0.2) is 40.3 Å². The van der Waals surface area contributed by atoms with Crippen LogP contribution in [-0.2, 0) is 29.1 Å². The molecule has 0 aliphatic carbocycles. The first-order valence-corrected chi connectivity index (χ1v) is 11.4. The molecule has 1 N–H and O–H groups in total. The van der Waals surface area contributed by atoms with Gasteiger partial charge in [0.2, 0.25) is 5.91 Å². The van der Waals surface area contributed by atoms with Crippen molar-refractivity contribution in [2.24, 2.45) is 0 Å². The first-order valence-electron chi connectivity index (χ1n) is 10.0. The van der Waals surface area contributed by atoms with Gasteiger partial charge in [0, 0.05) is 29.2 Å². The van der Waals surface area contributed by atoms with Crippen LogP contribution in [0.5, 0.6) is 0 Å². The van der Waals surface area contributed by atoms with E-state index < -0.39 is 0 Å². The van der Waals surface area contributed by atoms with Crippen molar-refractivity contribution in [1.82, 2.24) is 14.5 Å². The van der Waals surface area contributed by atoms with Crippen LogP contribution in [-0.4, -0.2) is 31.8 Å². The number of halogens is 1. The average Bonchev–Trinajstić information content (AvgIpc) is 2.72. The Morgan fingerprint density at radius 3 is 2.74 bits per heavy atom. The fraction of sp³-hybridized carbons (Fsp3) is 0.364. The molecule has 0 bridgehead atoms. The Kier molecular flexibility index (Phi) is 6.05. The predicted molar refractivity (Wildman–Crippen MR) is 123 cm³/mol. The maximum atomic E-state index is 13.1. The third-order valence-electron chi connectivity index (χ3n) is 5.07. The highest BCUT2D eigenvalue weighted by molar-refractivity contribution is 7.99. The number of fused-ring (bicyclic) bond motifs is 2. The molecule has 1 aliphatic heterocycles. The van der Waals surface area contributed by atoms with Crippen molar-refractivity contribution >= 4 is 46.0 Å². The van der Waals surface area contributed by atoms with E-state index in [1.54, 1.807) is 28.8 Å². The molecule has 0 unspecified atom stereocenters. The molecule has 1 amide bonds. The monoisotopic (exact) mass is 458 g/mol. The average molecular weight is 459 g/mol. The minimum atomic E-state index is -0.302. The summed E-state index contributed by atoms with van der Waals surface area (Å²) in [5.41, 5.74) is 2.44. The maximum Gasteiger partial charge on any atom is 0.263 e. The molecular formula is C22H23ClN4O3S. The summed E-state index contributed by atoms with van der Waals surface area (Å²) in [6, 6.07) is 8.74. The summed E-state index contributed by atoms with van der Waals surface area (Å²) in [4.78, 5) is 34.8. The van der Waals surface area contributed by atoms with E-state index in [0.717, 1.165) is 11.3 Å². The van der Waals surface area contributed by atoms with Gasteiger partial charge in [-0.25, -0.2) is 9.97 Å². The SMILES string of the molecule is CCn1c(SCC(=O)Nc2ccc(Cl)cc2)nc2nc3c(cc2c1=O)COC(C)(C)C3. The molecule has 7 nitrogen and oxygen atoms in total. The summed E-state index contributed by atoms with van der Waals surface area (Å²) in [5.74, 6) is -0.0755. The number of hydrogen-bond donors (Lipinski definition) is 1. The maximum absolute atomic E-state index is 13.1. The smallest absolute Gasteiger partial charge is 0.263 e. The van der Waals surface area contributed by atoms with E-state index >= 15 is 0 Å². The number of carbonyl (C=O) groups is 1. The van der Waals surface area contributed by atoms with E-state index in [9.17, 15) is 9.59 Å². The number of carbonyl (C=O) groups excluding carboxylic acids is 1. The second kappa shape index (κ2) is 8.61. The van der Waals surface area contributed by atoms with Crippen LogP contribution in [0.4, 0.5) is 5.69 Å². The van der Waals surface area contributed by atoms with Crippen LogP contribution in [0.3, 0.4) is 0 Å². The van der Waals surface area contributed by atoms with Gasteiger partial charge in [-0.2, -0.15) is 0 Å². The fourth-order valence-electron chi connectivity index (χ4n) is 3.46. The zero-order valence-electron chi connectivity index (χ0n) is 17.6. The molecular weight excluding hydrogens is 436 g/mol. The zero-order chi connectivity index (χ0) is 22.2. The standard InChI is InChI=1S/C22H23ClN4O3S/c1-4-27-20(29)16-9-13-11-30-22(2,3)10-17(13)25-19(16)26-21(27)31-12-18(28)24-15-7-5-14(23)6-8-15/h5-9H,4,10-12H2,1-3H3,(H,24,28). The van der Waals surface area contributed by atoms with E-state index in [4.69, 9.17) is 16.3 Å². The number of hydrogen-bond acceptors (Lipinski definition) is 6. The largest absolute Gasteiger partial charge is 0.370 e. The van der Waals surface area contributed by atoms with Crippen molar-refractivity contribution < 1.29 is 9.53 Å². The normalized spacial score (nSPS) is 15.0. The van der Waals surface area contributed by atoms with E-state index in [1.165, 1.54) is 11.8 Å². The first-order chi connectivity index (χ1) is 14.8. The van der Waals surface area contributed by atoms with E-state index in [2.05, 4.69) is 15.3 Å². The molecule has 1 aromatic carbocycles. The molecule has 3 aromatic rings. The molecule has 0 spiro atoms. The van der Waals surface area contributed by atoms with Crippen molar-refractivity contribution in [3.63, 3.8) is 0 Å². The van der Waals surface area contributed by atoms with Gasteiger partial charge in [0.15, 0.2) is 10.8 Å². The molecule has 9 heteroatoms. The number of amides is 1. The van der Waals surface area contributed by atoms with Crippen LogP contribution >= 0.6 is 23.4 Å². The van der Waals surface area contributed by atoms with Crippen molar-refractivity contribution in [3.05, 3.63) is 57.0 Å². The second-order valence-corrected chi connectivity index (χ2v) is 9.36. The van der Waals surface area contributed by atoms with Crippen molar-refractivity contribution in [1.29, 1.82) is 0 Å². The van der Waals surface area contributed by atoms with Gasteiger partial charge in [-0.05, 0) is 51.1 Å². The lowest BCUT2D eigenvalue weighted by atomic mass is 9.95. The molecule has 0 saturated heterocycles. The number of anilines is 1. The lowest BCUT2D eigenvalue weighted by molar-refractivity contribution is -0.113. The third kappa shape index (κ3) is 4.76. The zero-order valence-corrected chi connectivity index (χ0v) is 19.1. The van der Waals surface area contributed by atoms with Gasteiger partial charge in [-0.1, -0.05) is 23.4 Å². The quantitative estimate of drug-likeness (QED) is 0.458. The number of aromatic nitrogens is 3. The minimum Gasteiger partial charge on any atom is -0.370 e. The van der Waals surface area contributed by atoms with Crippen LogP contribution in [0.25, 0.3) is 11.0 Å². The molecule has 1 aliphatic rings. The molecule has 2 aromatic heterocycles. The number of rotatable bonds is 5. The van der Waals surface area contributed by atoms with Gasteiger partial charge >= 0.3 is 0 Å². The van der Waals surface area contributed by atoms with Gasteiger partial charge in [-0.3, -0.25) is 14.2 Å². The summed E-state index contributed by atoms with van der Waals surface area (Å²) < 4.78 is 7.43. The molecule has 31 heavy (non-hydrogen) atoms. The highest BCUT2D eigenvalue weighted by Gasteiger charge is 2.28. The van der Waals surface area contributed by atoms with Gasteiger partial charge in [-0.15, -0.1) is 0 Å². The van der Waals surface area contributed by atoms with E-state index in [1.807, 2.05) is 26.8 Å². The van der Waals surface area contributed by atoms with Gasteiger partial charge < -0.3 is 10.1 Å². The number of pyridine rings is 1. The van der Waals surface area contributed by atoms with Gasteiger partial charge in [0.05, 0.1) is 29.0 Å².